The number of aliphatic hydroxyl groups is 1. The molecule has 1 aliphatic carbocycles. The van der Waals surface area contributed by atoms with E-state index in [0.29, 0.717) is 17.9 Å². The van der Waals surface area contributed by atoms with Crippen LogP contribution in [0.5, 0.6) is 5.75 Å². The number of nitrogens with one attached hydrogen (secondary N) is 2. The molecule has 5 rings (SSSR count). The maximum Gasteiger partial charge on any atom is 0.261 e. The molecule has 0 bridgehead atoms. The zero-order valence-electron chi connectivity index (χ0n) is 18.9. The molecule has 34 heavy (non-hydrogen) atoms. The van der Waals surface area contributed by atoms with Gasteiger partial charge in [-0.1, -0.05) is 31.0 Å². The fraction of sp³-hybridized carbons (Fsp3) is 0.480. The van der Waals surface area contributed by atoms with E-state index < -0.39 is 16.1 Å². The van der Waals surface area contributed by atoms with Gasteiger partial charge in [0.15, 0.2) is 0 Å². The number of amides is 1. The van der Waals surface area contributed by atoms with Crippen LogP contribution in [0.25, 0.3) is 0 Å². The van der Waals surface area contributed by atoms with Gasteiger partial charge in [0, 0.05) is 23.2 Å². The first kappa shape index (κ1) is 23.1. The first-order valence-corrected chi connectivity index (χ1v) is 13.4. The highest BCUT2D eigenvalue weighted by Gasteiger charge is 2.46. The smallest absolute Gasteiger partial charge is 0.261 e. The molecule has 1 amide bonds. The first-order valence-electron chi connectivity index (χ1n) is 11.9. The van der Waals surface area contributed by atoms with Gasteiger partial charge >= 0.3 is 0 Å². The van der Waals surface area contributed by atoms with Gasteiger partial charge in [0.05, 0.1) is 24.0 Å². The molecule has 1 saturated carbocycles. The van der Waals surface area contributed by atoms with Crippen molar-refractivity contribution >= 4 is 21.6 Å². The van der Waals surface area contributed by atoms with Gasteiger partial charge in [0.2, 0.25) is 5.91 Å². The number of hydrogen-bond donors (Lipinski definition) is 3. The molecule has 9 heteroatoms. The lowest BCUT2D eigenvalue weighted by molar-refractivity contribution is -0.142. The molecule has 2 aromatic carbocycles. The van der Waals surface area contributed by atoms with E-state index in [1.165, 1.54) is 0 Å². The summed E-state index contributed by atoms with van der Waals surface area (Å²) in [5.41, 5.74) is 1.30. The highest BCUT2D eigenvalue weighted by molar-refractivity contribution is 7.92. The quantitative estimate of drug-likeness (QED) is 0.555. The van der Waals surface area contributed by atoms with E-state index in [1.54, 1.807) is 48.5 Å². The van der Waals surface area contributed by atoms with Gasteiger partial charge in [0.25, 0.3) is 10.0 Å². The van der Waals surface area contributed by atoms with Gasteiger partial charge in [-0.15, -0.1) is 0 Å². The number of anilines is 1. The predicted octanol–water partition coefficient (Wildman–Crippen LogP) is 2.93. The second-order valence-corrected chi connectivity index (χ2v) is 11.0. The molecule has 2 aliphatic heterocycles. The lowest BCUT2D eigenvalue weighted by Gasteiger charge is -2.37. The van der Waals surface area contributed by atoms with Crippen LogP contribution in [0.15, 0.2) is 53.4 Å². The average Bonchev–Trinajstić information content (AvgIpc) is 3.46. The number of carbonyl (C=O) groups is 1. The molecule has 0 aromatic heterocycles. The predicted molar refractivity (Wildman–Crippen MR) is 126 cm³/mol. The third-order valence-electron chi connectivity index (χ3n) is 6.94. The zero-order chi connectivity index (χ0) is 23.7. The fourth-order valence-corrected chi connectivity index (χ4v) is 6.40. The summed E-state index contributed by atoms with van der Waals surface area (Å²) in [6.07, 6.45) is 3.83. The molecule has 1 saturated heterocycles. The number of aliphatic hydroxyl groups excluding tert-OH is 1. The van der Waals surface area contributed by atoms with Crippen molar-refractivity contribution in [2.45, 2.75) is 73.7 Å². The van der Waals surface area contributed by atoms with Crippen molar-refractivity contribution in [3.63, 3.8) is 0 Å². The Balaban J connectivity index is 1.32. The van der Waals surface area contributed by atoms with Gasteiger partial charge in [-0.25, -0.2) is 8.42 Å². The van der Waals surface area contributed by atoms with E-state index in [-0.39, 0.29) is 48.0 Å². The normalized spacial score (nSPS) is 26.4. The molecule has 0 spiro atoms. The van der Waals surface area contributed by atoms with Gasteiger partial charge in [-0.05, 0) is 49.6 Å². The summed E-state index contributed by atoms with van der Waals surface area (Å²) in [6.45, 7) is -0.219. The largest absolute Gasteiger partial charge is 0.487 e. The molecular weight excluding hydrogens is 456 g/mol. The molecule has 0 radical (unpaired) electrons. The summed E-state index contributed by atoms with van der Waals surface area (Å²) >= 11 is 0. The van der Waals surface area contributed by atoms with Crippen LogP contribution in [0.4, 0.5) is 5.69 Å². The monoisotopic (exact) mass is 486 g/mol. The molecule has 2 aromatic rings. The Morgan fingerprint density at radius 1 is 1.09 bits per heavy atom. The van der Waals surface area contributed by atoms with Crippen LogP contribution in [0, 0.1) is 0 Å². The van der Waals surface area contributed by atoms with Crippen molar-refractivity contribution in [1.82, 2.24) is 5.32 Å². The molecule has 8 nitrogen and oxygen atoms in total. The van der Waals surface area contributed by atoms with E-state index in [0.717, 1.165) is 31.2 Å². The van der Waals surface area contributed by atoms with Gasteiger partial charge < -0.3 is 19.9 Å². The van der Waals surface area contributed by atoms with Crippen molar-refractivity contribution in [1.29, 1.82) is 0 Å². The lowest BCUT2D eigenvalue weighted by atomic mass is 9.84. The Morgan fingerprint density at radius 2 is 1.85 bits per heavy atom. The number of sulfonamides is 1. The van der Waals surface area contributed by atoms with Crippen LogP contribution >= 0.6 is 0 Å². The standard InChI is InChI=1S/C25H30N2O6S/c28-15-23-25-21(13-18(32-23)14-24(29)26-16-6-4-5-7-16)20-12-17(10-11-22(20)33-25)27-34(30,31)19-8-2-1-3-9-19/h1-3,8-12,16,18,21,23,25,27-28H,4-7,13-15H2,(H,26,29)/t18-,21-,23+,25+/m0/s1. The van der Waals surface area contributed by atoms with Crippen molar-refractivity contribution in [3.8, 4) is 5.75 Å². The second-order valence-electron chi connectivity index (χ2n) is 9.33. The minimum Gasteiger partial charge on any atom is -0.487 e. The average molecular weight is 487 g/mol. The second kappa shape index (κ2) is 9.56. The maximum absolute atomic E-state index is 12.8. The summed E-state index contributed by atoms with van der Waals surface area (Å²) in [6, 6.07) is 13.6. The number of fused-ring (bicyclic) bond motifs is 3. The Kier molecular flexibility index (Phi) is 6.50. The molecule has 2 fully saturated rings. The number of rotatable bonds is 7. The summed E-state index contributed by atoms with van der Waals surface area (Å²) < 4.78 is 40.3. The molecule has 0 unspecified atom stereocenters. The Hall–Kier alpha value is -2.62. The van der Waals surface area contributed by atoms with Crippen LogP contribution in [0.3, 0.4) is 0 Å². The van der Waals surface area contributed by atoms with E-state index in [2.05, 4.69) is 10.0 Å². The Morgan fingerprint density at radius 3 is 2.59 bits per heavy atom. The minimum absolute atomic E-state index is 0.0319. The third-order valence-corrected chi connectivity index (χ3v) is 8.34. The Labute approximate surface area is 199 Å². The fourth-order valence-electron chi connectivity index (χ4n) is 5.33. The lowest BCUT2D eigenvalue weighted by Crippen LogP contribution is -2.47. The van der Waals surface area contributed by atoms with Gasteiger partial charge in [-0.2, -0.15) is 0 Å². The topological polar surface area (TPSA) is 114 Å². The third kappa shape index (κ3) is 4.78. The number of carbonyl (C=O) groups excluding carboxylic acids is 1. The molecular formula is C25H30N2O6S. The minimum atomic E-state index is -3.72. The number of hydrogen-bond acceptors (Lipinski definition) is 6. The first-order chi connectivity index (χ1) is 16.4. The van der Waals surface area contributed by atoms with Crippen LogP contribution < -0.4 is 14.8 Å². The number of benzene rings is 2. The van der Waals surface area contributed by atoms with E-state index in [4.69, 9.17) is 9.47 Å². The molecule has 4 atom stereocenters. The van der Waals surface area contributed by atoms with Crippen LogP contribution in [0.1, 0.15) is 50.0 Å². The van der Waals surface area contributed by atoms with Crippen LogP contribution in [0.2, 0.25) is 0 Å². The van der Waals surface area contributed by atoms with Gasteiger partial charge in [0.1, 0.15) is 18.0 Å². The molecule has 3 aliphatic rings. The van der Waals surface area contributed by atoms with Gasteiger partial charge in [-0.3, -0.25) is 9.52 Å². The zero-order valence-corrected chi connectivity index (χ0v) is 19.7. The highest BCUT2D eigenvalue weighted by Crippen LogP contribution is 2.47. The number of ether oxygens (including phenoxy) is 2. The van der Waals surface area contributed by atoms with Crippen molar-refractivity contribution in [3.05, 3.63) is 54.1 Å². The highest BCUT2D eigenvalue weighted by atomic mass is 32.2. The SMILES string of the molecule is O=C(C[C@@H]1C[C@H]2c3cc(NS(=O)(=O)c4ccccc4)ccc3O[C@H]2[C@@H](CO)O1)NC1CCCC1. The van der Waals surface area contributed by atoms with Crippen LogP contribution in [-0.4, -0.2) is 50.4 Å². The molecule has 3 N–H and O–H groups in total. The van der Waals surface area contributed by atoms with Crippen molar-refractivity contribution in [2.75, 3.05) is 11.3 Å². The van der Waals surface area contributed by atoms with Crippen molar-refractivity contribution in [2.24, 2.45) is 0 Å². The summed E-state index contributed by atoms with van der Waals surface area (Å²) in [5, 5.41) is 13.0. The van der Waals surface area contributed by atoms with E-state index in [9.17, 15) is 18.3 Å². The summed E-state index contributed by atoms with van der Waals surface area (Å²) in [5.74, 6) is 0.512. The molecule has 2 heterocycles. The summed E-state index contributed by atoms with van der Waals surface area (Å²) in [7, 11) is -3.72. The van der Waals surface area contributed by atoms with E-state index >= 15 is 0 Å². The molecule has 182 valence electrons. The van der Waals surface area contributed by atoms with Crippen LogP contribution in [-0.2, 0) is 19.6 Å². The maximum atomic E-state index is 12.8. The summed E-state index contributed by atoms with van der Waals surface area (Å²) in [4.78, 5) is 12.8. The van der Waals surface area contributed by atoms with Crippen molar-refractivity contribution < 1.29 is 27.8 Å². The van der Waals surface area contributed by atoms with E-state index in [1.807, 2.05) is 0 Å². The Bertz CT molecular complexity index is 1130.